The molecule has 98 valence electrons. The lowest BCUT2D eigenvalue weighted by Crippen LogP contribution is -2.06. The second-order valence-electron chi connectivity index (χ2n) is 3.34. The normalized spacial score (nSPS) is 10.1. The lowest BCUT2D eigenvalue weighted by Gasteiger charge is -2.03. The van der Waals surface area contributed by atoms with E-state index in [1.807, 2.05) is 24.3 Å². The van der Waals surface area contributed by atoms with Gasteiger partial charge in [0.15, 0.2) is 0 Å². The van der Waals surface area contributed by atoms with Gasteiger partial charge in [0.05, 0.1) is 11.6 Å². The quantitative estimate of drug-likeness (QED) is 0.717. The first-order valence-corrected chi connectivity index (χ1v) is 5.86. The monoisotopic (exact) mass is 328 g/mol. The highest BCUT2D eigenvalue weighted by Crippen LogP contribution is 2.27. The van der Waals surface area contributed by atoms with Gasteiger partial charge in [-0.25, -0.2) is 0 Å². The maximum Gasteiger partial charge on any atom is 0.433 e. The van der Waals surface area contributed by atoms with Gasteiger partial charge < -0.3 is 0 Å². The summed E-state index contributed by atoms with van der Waals surface area (Å²) in [6, 6.07) is 13.4. The molecule has 0 saturated carbocycles. The molecule has 1 heterocycles. The number of nitriles is 1. The number of halogens is 4. The number of aromatic nitrogens is 1. The van der Waals surface area contributed by atoms with Crippen LogP contribution < -0.4 is 0 Å². The van der Waals surface area contributed by atoms with Crippen molar-refractivity contribution in [3.8, 4) is 6.07 Å². The molecule has 1 aromatic heterocycles. The Kier molecular flexibility index (Phi) is 5.52. The summed E-state index contributed by atoms with van der Waals surface area (Å²) >= 11 is 2.98. The number of hydrogen-bond donors (Lipinski definition) is 0. The fraction of sp³-hybridized carbons (Fsp3) is 0.0769. The van der Waals surface area contributed by atoms with Crippen LogP contribution in [0.5, 0.6) is 0 Å². The second kappa shape index (κ2) is 6.90. The molecular formula is C13H8BrF3N2. The van der Waals surface area contributed by atoms with Crippen LogP contribution in [0.2, 0.25) is 0 Å². The number of nitrogens with zero attached hydrogens (tertiary/aromatic N) is 2. The zero-order valence-electron chi connectivity index (χ0n) is 9.53. The molecule has 0 aliphatic heterocycles. The van der Waals surface area contributed by atoms with Crippen molar-refractivity contribution in [2.24, 2.45) is 0 Å². The van der Waals surface area contributed by atoms with Crippen LogP contribution in [0.1, 0.15) is 11.3 Å². The lowest BCUT2D eigenvalue weighted by molar-refractivity contribution is -0.141. The summed E-state index contributed by atoms with van der Waals surface area (Å²) in [5.41, 5.74) is -0.159. The molecule has 6 heteroatoms. The fourth-order valence-corrected chi connectivity index (χ4v) is 1.29. The maximum absolute atomic E-state index is 11.8. The third-order valence-corrected chi connectivity index (χ3v) is 2.39. The van der Waals surface area contributed by atoms with Gasteiger partial charge >= 0.3 is 6.18 Å². The summed E-state index contributed by atoms with van der Waals surface area (Å²) in [6.07, 6.45) is -3.23. The number of pyridine rings is 1. The van der Waals surface area contributed by atoms with Crippen molar-refractivity contribution in [1.29, 1.82) is 5.26 Å². The van der Waals surface area contributed by atoms with Crippen molar-refractivity contribution in [2.75, 3.05) is 0 Å². The van der Waals surface area contributed by atoms with Crippen molar-refractivity contribution < 1.29 is 13.2 Å². The van der Waals surface area contributed by atoms with Crippen molar-refractivity contribution in [2.45, 2.75) is 6.18 Å². The highest BCUT2D eigenvalue weighted by atomic mass is 79.9. The summed E-state index contributed by atoms with van der Waals surface area (Å²) in [5.74, 6) is 0. The number of hydrogen-bond acceptors (Lipinski definition) is 2. The second-order valence-corrected chi connectivity index (χ2v) is 4.25. The van der Waals surface area contributed by atoms with Gasteiger partial charge in [0, 0.05) is 10.7 Å². The van der Waals surface area contributed by atoms with Crippen molar-refractivity contribution in [1.82, 2.24) is 4.98 Å². The molecule has 0 bridgehead atoms. The van der Waals surface area contributed by atoms with Crippen LogP contribution in [0, 0.1) is 11.3 Å². The van der Waals surface area contributed by atoms with E-state index in [4.69, 9.17) is 5.26 Å². The average molecular weight is 329 g/mol. The van der Waals surface area contributed by atoms with Gasteiger partial charge in [-0.2, -0.15) is 18.4 Å². The molecule has 0 aliphatic carbocycles. The molecule has 0 spiro atoms. The molecule has 0 aliphatic rings. The van der Waals surface area contributed by atoms with E-state index in [2.05, 4.69) is 20.9 Å². The zero-order chi connectivity index (χ0) is 14.3. The third-order valence-electron chi connectivity index (χ3n) is 1.92. The minimum absolute atomic E-state index is 0.533. The Labute approximate surface area is 116 Å². The van der Waals surface area contributed by atoms with Crippen LogP contribution in [0.15, 0.2) is 53.1 Å². The molecule has 0 N–H and O–H groups in total. The molecule has 0 amide bonds. The summed E-state index contributed by atoms with van der Waals surface area (Å²) < 4.78 is 36.1. The highest BCUT2D eigenvalue weighted by molar-refractivity contribution is 9.10. The van der Waals surface area contributed by atoms with Gasteiger partial charge in [0.2, 0.25) is 0 Å². The van der Waals surface area contributed by atoms with E-state index in [0.29, 0.717) is 10.0 Å². The Balaban J connectivity index is 0.000000200. The largest absolute Gasteiger partial charge is 0.433 e. The third kappa shape index (κ3) is 5.53. The van der Waals surface area contributed by atoms with Crippen LogP contribution in [0.3, 0.4) is 0 Å². The van der Waals surface area contributed by atoms with Crippen LogP contribution in [0.4, 0.5) is 13.2 Å². The van der Waals surface area contributed by atoms with Gasteiger partial charge in [-0.15, -0.1) is 0 Å². The first kappa shape index (κ1) is 15.2. The molecule has 19 heavy (non-hydrogen) atoms. The summed E-state index contributed by atoms with van der Waals surface area (Å²) in [4.78, 5) is 3.18. The number of benzene rings is 1. The Hall–Kier alpha value is -1.87. The number of rotatable bonds is 0. The van der Waals surface area contributed by atoms with Crippen LogP contribution in [0.25, 0.3) is 0 Å². The molecular weight excluding hydrogens is 321 g/mol. The van der Waals surface area contributed by atoms with E-state index < -0.39 is 11.9 Å². The molecule has 0 atom stereocenters. The Bertz CT molecular complexity index is 545. The summed E-state index contributed by atoms with van der Waals surface area (Å²) in [7, 11) is 0. The molecule has 0 saturated heterocycles. The van der Waals surface area contributed by atoms with E-state index in [-0.39, 0.29) is 0 Å². The van der Waals surface area contributed by atoms with E-state index in [0.717, 1.165) is 12.3 Å². The summed E-state index contributed by atoms with van der Waals surface area (Å²) in [6.45, 7) is 0. The SMILES string of the molecule is FC(F)(F)c1ccc(Br)cn1.N#Cc1ccccc1. The van der Waals surface area contributed by atoms with Gasteiger partial charge in [-0.05, 0) is 40.2 Å². The molecule has 2 nitrogen and oxygen atoms in total. The van der Waals surface area contributed by atoms with Crippen molar-refractivity contribution in [3.63, 3.8) is 0 Å². The maximum atomic E-state index is 11.8. The predicted molar refractivity (Wildman–Crippen MR) is 68.1 cm³/mol. The van der Waals surface area contributed by atoms with Crippen LogP contribution in [-0.4, -0.2) is 4.98 Å². The van der Waals surface area contributed by atoms with E-state index >= 15 is 0 Å². The topological polar surface area (TPSA) is 36.7 Å². The van der Waals surface area contributed by atoms with E-state index in [1.165, 1.54) is 6.07 Å². The molecule has 2 aromatic rings. The van der Waals surface area contributed by atoms with Gasteiger partial charge in [-0.3, -0.25) is 4.98 Å². The fourth-order valence-electron chi connectivity index (χ4n) is 1.06. The predicted octanol–water partition coefficient (Wildman–Crippen LogP) is 4.42. The van der Waals surface area contributed by atoms with Crippen molar-refractivity contribution in [3.05, 3.63) is 64.4 Å². The van der Waals surface area contributed by atoms with Crippen LogP contribution in [-0.2, 0) is 6.18 Å². The Morgan fingerprint density at radius 3 is 2.05 bits per heavy atom. The lowest BCUT2D eigenvalue weighted by atomic mass is 10.2. The number of alkyl halides is 3. The van der Waals surface area contributed by atoms with E-state index in [1.54, 1.807) is 12.1 Å². The highest BCUT2D eigenvalue weighted by Gasteiger charge is 2.31. The minimum Gasteiger partial charge on any atom is -0.251 e. The van der Waals surface area contributed by atoms with Gasteiger partial charge in [0.25, 0.3) is 0 Å². The first-order valence-electron chi connectivity index (χ1n) is 5.07. The van der Waals surface area contributed by atoms with Gasteiger partial charge in [-0.1, -0.05) is 18.2 Å². The molecule has 0 unspecified atom stereocenters. The Morgan fingerprint density at radius 1 is 1.05 bits per heavy atom. The first-order chi connectivity index (χ1) is 8.93. The van der Waals surface area contributed by atoms with Crippen LogP contribution >= 0.6 is 15.9 Å². The smallest absolute Gasteiger partial charge is 0.251 e. The van der Waals surface area contributed by atoms with Gasteiger partial charge in [0.1, 0.15) is 5.69 Å². The molecule has 2 rings (SSSR count). The zero-order valence-corrected chi connectivity index (χ0v) is 11.1. The van der Waals surface area contributed by atoms with E-state index in [9.17, 15) is 13.2 Å². The Morgan fingerprint density at radius 2 is 1.68 bits per heavy atom. The minimum atomic E-state index is -4.35. The molecule has 0 radical (unpaired) electrons. The average Bonchev–Trinajstić information content (AvgIpc) is 2.40. The summed E-state index contributed by atoms with van der Waals surface area (Å²) in [5, 5.41) is 8.29. The van der Waals surface area contributed by atoms with Crippen molar-refractivity contribution >= 4 is 15.9 Å². The standard InChI is InChI=1S/C7H5N.C6H3BrF3N/c8-6-7-4-2-1-3-5-7;7-4-1-2-5(11-3-4)6(8,9)10/h1-5H;1-3H. The molecule has 1 aromatic carbocycles. The molecule has 0 fully saturated rings.